The molecule has 0 amide bonds. The SMILES string of the molecule is COC(=O)c1cc(N)ccc1Oc1ccc(C#N)c(F)c1. The van der Waals surface area contributed by atoms with Gasteiger partial charge < -0.3 is 15.2 Å². The van der Waals surface area contributed by atoms with Gasteiger partial charge in [0.25, 0.3) is 0 Å². The largest absolute Gasteiger partial charge is 0.465 e. The fourth-order valence-electron chi connectivity index (χ4n) is 1.68. The average molecular weight is 286 g/mol. The summed E-state index contributed by atoms with van der Waals surface area (Å²) in [5.74, 6) is -0.988. The number of nitriles is 1. The van der Waals surface area contributed by atoms with Gasteiger partial charge in [-0.3, -0.25) is 0 Å². The predicted octanol–water partition coefficient (Wildman–Crippen LogP) is 2.86. The molecule has 0 aliphatic rings. The highest BCUT2D eigenvalue weighted by Crippen LogP contribution is 2.28. The van der Waals surface area contributed by atoms with Crippen LogP contribution in [0.2, 0.25) is 0 Å². The van der Waals surface area contributed by atoms with Gasteiger partial charge >= 0.3 is 5.97 Å². The van der Waals surface area contributed by atoms with E-state index in [1.165, 1.54) is 31.4 Å². The van der Waals surface area contributed by atoms with Crippen LogP contribution < -0.4 is 10.5 Å². The lowest BCUT2D eigenvalue weighted by molar-refractivity contribution is 0.0598. The van der Waals surface area contributed by atoms with E-state index >= 15 is 0 Å². The number of carbonyl (C=O) groups is 1. The molecule has 0 aromatic heterocycles. The van der Waals surface area contributed by atoms with Crippen LogP contribution in [-0.4, -0.2) is 13.1 Å². The highest BCUT2D eigenvalue weighted by atomic mass is 19.1. The fraction of sp³-hybridized carbons (Fsp3) is 0.0667. The average Bonchev–Trinajstić information content (AvgIpc) is 2.48. The Labute approximate surface area is 120 Å². The summed E-state index contributed by atoms with van der Waals surface area (Å²) in [4.78, 5) is 11.7. The molecule has 0 aliphatic heterocycles. The number of anilines is 1. The molecule has 0 aliphatic carbocycles. The first-order valence-corrected chi connectivity index (χ1v) is 5.90. The molecular formula is C15H11FN2O3. The zero-order valence-electron chi connectivity index (χ0n) is 11.1. The van der Waals surface area contributed by atoms with E-state index in [1.807, 2.05) is 0 Å². The van der Waals surface area contributed by atoms with Crippen molar-refractivity contribution in [3.8, 4) is 17.6 Å². The third kappa shape index (κ3) is 3.09. The number of ether oxygens (including phenoxy) is 2. The van der Waals surface area contributed by atoms with Crippen LogP contribution in [0.5, 0.6) is 11.5 Å². The molecule has 0 saturated heterocycles. The van der Waals surface area contributed by atoms with Gasteiger partial charge in [0.05, 0.1) is 12.7 Å². The molecule has 0 radical (unpaired) electrons. The molecule has 106 valence electrons. The quantitative estimate of drug-likeness (QED) is 0.692. The molecule has 0 heterocycles. The van der Waals surface area contributed by atoms with Gasteiger partial charge in [-0.15, -0.1) is 0 Å². The summed E-state index contributed by atoms with van der Waals surface area (Å²) in [7, 11) is 1.23. The highest BCUT2D eigenvalue weighted by Gasteiger charge is 2.15. The van der Waals surface area contributed by atoms with E-state index in [-0.39, 0.29) is 22.6 Å². The number of rotatable bonds is 3. The Kier molecular flexibility index (Phi) is 4.05. The summed E-state index contributed by atoms with van der Waals surface area (Å²) in [6.07, 6.45) is 0. The molecule has 0 bridgehead atoms. The maximum absolute atomic E-state index is 13.5. The Balaban J connectivity index is 2.38. The van der Waals surface area contributed by atoms with Crippen LogP contribution in [0.4, 0.5) is 10.1 Å². The highest BCUT2D eigenvalue weighted by molar-refractivity contribution is 5.93. The number of methoxy groups -OCH3 is 1. The van der Waals surface area contributed by atoms with Gasteiger partial charge in [0.2, 0.25) is 0 Å². The predicted molar refractivity (Wildman–Crippen MR) is 73.4 cm³/mol. The van der Waals surface area contributed by atoms with Gasteiger partial charge in [-0.25, -0.2) is 9.18 Å². The number of benzene rings is 2. The first-order valence-electron chi connectivity index (χ1n) is 5.90. The number of carbonyl (C=O) groups excluding carboxylic acids is 1. The zero-order chi connectivity index (χ0) is 15.4. The van der Waals surface area contributed by atoms with E-state index in [0.29, 0.717) is 5.69 Å². The Morgan fingerprint density at radius 2 is 2.05 bits per heavy atom. The number of halogens is 1. The number of hydrogen-bond acceptors (Lipinski definition) is 5. The van der Waals surface area contributed by atoms with Crippen molar-refractivity contribution in [2.75, 3.05) is 12.8 Å². The topological polar surface area (TPSA) is 85.3 Å². The van der Waals surface area contributed by atoms with Crippen molar-refractivity contribution in [2.24, 2.45) is 0 Å². The molecular weight excluding hydrogens is 275 g/mol. The normalized spacial score (nSPS) is 9.76. The van der Waals surface area contributed by atoms with E-state index in [2.05, 4.69) is 4.74 Å². The van der Waals surface area contributed by atoms with Crippen molar-refractivity contribution in [3.63, 3.8) is 0 Å². The third-order valence-corrected chi connectivity index (χ3v) is 2.70. The van der Waals surface area contributed by atoms with Crippen LogP contribution in [-0.2, 0) is 4.74 Å². The maximum atomic E-state index is 13.5. The molecule has 2 N–H and O–H groups in total. The van der Waals surface area contributed by atoms with Crippen LogP contribution in [0, 0.1) is 17.1 Å². The lowest BCUT2D eigenvalue weighted by Crippen LogP contribution is -2.04. The van der Waals surface area contributed by atoms with Gasteiger partial charge in [0.1, 0.15) is 28.9 Å². The van der Waals surface area contributed by atoms with Gasteiger partial charge in [-0.2, -0.15) is 5.26 Å². The molecule has 2 aromatic rings. The Hall–Kier alpha value is -3.07. The van der Waals surface area contributed by atoms with Gasteiger partial charge in [0.15, 0.2) is 0 Å². The number of nitrogen functional groups attached to an aromatic ring is 1. The van der Waals surface area contributed by atoms with Crippen molar-refractivity contribution >= 4 is 11.7 Å². The van der Waals surface area contributed by atoms with Crippen LogP contribution in [0.3, 0.4) is 0 Å². The zero-order valence-corrected chi connectivity index (χ0v) is 11.1. The first-order chi connectivity index (χ1) is 10.0. The second-order valence-electron chi connectivity index (χ2n) is 4.10. The minimum Gasteiger partial charge on any atom is -0.465 e. The van der Waals surface area contributed by atoms with Gasteiger partial charge in [-0.05, 0) is 30.3 Å². The van der Waals surface area contributed by atoms with Crippen LogP contribution in [0.25, 0.3) is 0 Å². The van der Waals surface area contributed by atoms with Crippen LogP contribution in [0.15, 0.2) is 36.4 Å². The van der Waals surface area contributed by atoms with Gasteiger partial charge in [0, 0.05) is 11.8 Å². The smallest absolute Gasteiger partial charge is 0.341 e. The van der Waals surface area contributed by atoms with Crippen molar-refractivity contribution < 1.29 is 18.7 Å². The van der Waals surface area contributed by atoms with Crippen LogP contribution >= 0.6 is 0 Å². The summed E-state index contributed by atoms with van der Waals surface area (Å²) < 4.78 is 23.6. The second kappa shape index (κ2) is 5.92. The molecule has 0 unspecified atom stereocenters. The summed E-state index contributed by atoms with van der Waals surface area (Å²) in [6.45, 7) is 0. The molecule has 0 fully saturated rings. The van der Waals surface area contributed by atoms with E-state index in [1.54, 1.807) is 12.1 Å². The second-order valence-corrected chi connectivity index (χ2v) is 4.10. The summed E-state index contributed by atoms with van der Waals surface area (Å²) in [5, 5.41) is 8.67. The maximum Gasteiger partial charge on any atom is 0.341 e. The molecule has 21 heavy (non-hydrogen) atoms. The Morgan fingerprint density at radius 3 is 2.67 bits per heavy atom. The molecule has 0 atom stereocenters. The minimum absolute atomic E-state index is 0.0900. The molecule has 2 aromatic carbocycles. The summed E-state index contributed by atoms with van der Waals surface area (Å²) in [5.41, 5.74) is 6.02. The Bertz CT molecular complexity index is 738. The number of esters is 1. The van der Waals surface area contributed by atoms with Crippen molar-refractivity contribution in [2.45, 2.75) is 0 Å². The molecule has 2 rings (SSSR count). The van der Waals surface area contributed by atoms with E-state index in [4.69, 9.17) is 15.7 Å². The molecule has 5 nitrogen and oxygen atoms in total. The van der Waals surface area contributed by atoms with E-state index in [0.717, 1.165) is 6.07 Å². The van der Waals surface area contributed by atoms with Crippen molar-refractivity contribution in [1.82, 2.24) is 0 Å². The first kappa shape index (κ1) is 14.3. The minimum atomic E-state index is -0.704. The monoisotopic (exact) mass is 286 g/mol. The lowest BCUT2D eigenvalue weighted by atomic mass is 10.1. The number of hydrogen-bond donors (Lipinski definition) is 1. The van der Waals surface area contributed by atoms with Crippen molar-refractivity contribution in [1.29, 1.82) is 5.26 Å². The number of nitrogens with two attached hydrogens (primary N) is 1. The van der Waals surface area contributed by atoms with Crippen molar-refractivity contribution in [3.05, 3.63) is 53.3 Å². The summed E-state index contributed by atoms with van der Waals surface area (Å²) >= 11 is 0. The molecule has 0 spiro atoms. The molecule has 0 saturated carbocycles. The lowest BCUT2D eigenvalue weighted by Gasteiger charge is -2.11. The fourth-order valence-corrected chi connectivity index (χ4v) is 1.68. The number of nitrogens with zero attached hydrogens (tertiary/aromatic N) is 1. The standard InChI is InChI=1S/C15H11FN2O3/c1-20-15(19)12-6-10(18)3-5-14(12)21-11-4-2-9(8-17)13(16)7-11/h2-7H,18H2,1H3. The van der Waals surface area contributed by atoms with Gasteiger partial charge in [-0.1, -0.05) is 0 Å². The Morgan fingerprint density at radius 1 is 1.29 bits per heavy atom. The summed E-state index contributed by atoms with van der Waals surface area (Å²) in [6, 6.07) is 9.93. The van der Waals surface area contributed by atoms with Crippen LogP contribution in [0.1, 0.15) is 15.9 Å². The van der Waals surface area contributed by atoms with E-state index < -0.39 is 11.8 Å². The van der Waals surface area contributed by atoms with E-state index in [9.17, 15) is 9.18 Å². The molecule has 6 heteroatoms. The third-order valence-electron chi connectivity index (χ3n) is 2.70.